The van der Waals surface area contributed by atoms with Crippen LogP contribution in [-0.2, 0) is 13.1 Å². The number of piperidine rings is 1. The van der Waals surface area contributed by atoms with Crippen molar-refractivity contribution in [1.82, 2.24) is 20.3 Å². The zero-order valence-corrected chi connectivity index (χ0v) is 11.6. The van der Waals surface area contributed by atoms with Crippen LogP contribution in [0.2, 0.25) is 0 Å². The molecule has 2 rings (SSSR count). The van der Waals surface area contributed by atoms with E-state index in [1.165, 1.54) is 19.4 Å². The lowest BCUT2D eigenvalue weighted by molar-refractivity contribution is 0.121. The summed E-state index contributed by atoms with van der Waals surface area (Å²) >= 11 is 0. The summed E-state index contributed by atoms with van der Waals surface area (Å²) in [6.07, 6.45) is 2.56. The van der Waals surface area contributed by atoms with E-state index < -0.39 is 0 Å². The first-order valence-electron chi connectivity index (χ1n) is 6.67. The van der Waals surface area contributed by atoms with Crippen LogP contribution in [0.3, 0.4) is 0 Å². The van der Waals surface area contributed by atoms with E-state index in [1.54, 1.807) is 0 Å². The monoisotopic (exact) mass is 252 g/mol. The second-order valence-electron chi connectivity index (χ2n) is 5.29. The number of hydrogen-bond acceptors (Lipinski definition) is 5. The van der Waals surface area contributed by atoms with E-state index in [1.807, 2.05) is 13.1 Å². The number of likely N-dealkylation sites (N-methyl/N-ethyl adjacent to an activating group) is 2. The fraction of sp³-hybridized carbons (Fsp3) is 0.769. The van der Waals surface area contributed by atoms with Crippen LogP contribution < -0.4 is 5.32 Å². The Bertz CT molecular complexity index is 366. The van der Waals surface area contributed by atoms with Gasteiger partial charge in [0, 0.05) is 25.2 Å². The van der Waals surface area contributed by atoms with Crippen LogP contribution in [0.4, 0.5) is 0 Å². The molecular formula is C13H24N4O. The Labute approximate surface area is 109 Å². The Kier molecular flexibility index (Phi) is 4.74. The summed E-state index contributed by atoms with van der Waals surface area (Å²) in [5, 5.41) is 7.12. The van der Waals surface area contributed by atoms with Crippen molar-refractivity contribution in [3.05, 3.63) is 17.5 Å². The van der Waals surface area contributed by atoms with Crippen molar-refractivity contribution in [2.45, 2.75) is 32.0 Å². The maximum absolute atomic E-state index is 5.36. The summed E-state index contributed by atoms with van der Waals surface area (Å²) in [7, 11) is 6.28. The van der Waals surface area contributed by atoms with Crippen molar-refractivity contribution >= 4 is 0 Å². The van der Waals surface area contributed by atoms with Crippen LogP contribution >= 0.6 is 0 Å². The molecule has 0 radical (unpaired) electrons. The number of nitrogens with one attached hydrogen (secondary N) is 1. The van der Waals surface area contributed by atoms with E-state index >= 15 is 0 Å². The molecule has 2 heterocycles. The smallest absolute Gasteiger partial charge is 0.151 e. The fourth-order valence-corrected chi connectivity index (χ4v) is 2.57. The first kappa shape index (κ1) is 13.5. The molecule has 5 heteroatoms. The molecule has 1 fully saturated rings. The number of hydrogen-bond donors (Lipinski definition) is 1. The largest absolute Gasteiger partial charge is 0.360 e. The van der Waals surface area contributed by atoms with Gasteiger partial charge in [0.05, 0.1) is 12.2 Å². The summed E-state index contributed by atoms with van der Waals surface area (Å²) in [6.45, 7) is 3.97. The topological polar surface area (TPSA) is 44.5 Å². The zero-order chi connectivity index (χ0) is 13.0. The van der Waals surface area contributed by atoms with Crippen LogP contribution in [0.25, 0.3) is 0 Å². The van der Waals surface area contributed by atoms with Crippen molar-refractivity contribution in [1.29, 1.82) is 0 Å². The maximum atomic E-state index is 5.36. The molecule has 0 amide bonds. The Hall–Kier alpha value is -0.910. The van der Waals surface area contributed by atoms with E-state index in [2.05, 4.69) is 34.4 Å². The maximum Gasteiger partial charge on any atom is 0.151 e. The normalized spacial score (nSPS) is 21.7. The first-order valence-corrected chi connectivity index (χ1v) is 6.67. The Morgan fingerprint density at radius 2 is 2.44 bits per heavy atom. The third kappa shape index (κ3) is 3.54. The van der Waals surface area contributed by atoms with Crippen LogP contribution in [0.15, 0.2) is 10.6 Å². The van der Waals surface area contributed by atoms with E-state index in [0.717, 1.165) is 31.1 Å². The second-order valence-corrected chi connectivity index (χ2v) is 5.29. The summed E-state index contributed by atoms with van der Waals surface area (Å²) in [5.74, 6) is 0.955. The average molecular weight is 252 g/mol. The van der Waals surface area contributed by atoms with Crippen molar-refractivity contribution in [3.8, 4) is 0 Å². The molecule has 102 valence electrons. The van der Waals surface area contributed by atoms with E-state index in [4.69, 9.17) is 4.52 Å². The highest BCUT2D eigenvalue weighted by Gasteiger charge is 2.21. The molecule has 0 aromatic carbocycles. The summed E-state index contributed by atoms with van der Waals surface area (Å²) < 4.78 is 5.36. The van der Waals surface area contributed by atoms with E-state index in [-0.39, 0.29) is 0 Å². The molecule has 1 N–H and O–H groups in total. The van der Waals surface area contributed by atoms with Gasteiger partial charge in [0.25, 0.3) is 0 Å². The van der Waals surface area contributed by atoms with Gasteiger partial charge < -0.3 is 14.7 Å². The first-order chi connectivity index (χ1) is 8.69. The average Bonchev–Trinajstić information content (AvgIpc) is 2.77. The molecule has 1 saturated heterocycles. The fourth-order valence-electron chi connectivity index (χ4n) is 2.57. The molecule has 0 saturated carbocycles. The third-order valence-electron chi connectivity index (χ3n) is 3.59. The molecule has 18 heavy (non-hydrogen) atoms. The molecule has 5 nitrogen and oxygen atoms in total. The van der Waals surface area contributed by atoms with Gasteiger partial charge in [-0.25, -0.2) is 0 Å². The van der Waals surface area contributed by atoms with Crippen LogP contribution in [-0.4, -0.2) is 55.2 Å². The van der Waals surface area contributed by atoms with Gasteiger partial charge in [-0.15, -0.1) is 0 Å². The molecule has 1 aromatic rings. The standard InChI is InChI=1S/C13H24N4O/c1-14-8-11-7-13(18-15-11)10-17(3)12-5-4-6-16(2)9-12/h7,12,14H,4-6,8-10H2,1-3H3. The lowest BCUT2D eigenvalue weighted by Gasteiger charge is -2.35. The van der Waals surface area contributed by atoms with Gasteiger partial charge in [-0.2, -0.15) is 0 Å². The summed E-state index contributed by atoms with van der Waals surface area (Å²) in [4.78, 5) is 4.77. The van der Waals surface area contributed by atoms with Crippen LogP contribution in [0, 0.1) is 0 Å². The second kappa shape index (κ2) is 6.31. The van der Waals surface area contributed by atoms with Gasteiger partial charge in [0.1, 0.15) is 0 Å². The Balaban J connectivity index is 1.87. The van der Waals surface area contributed by atoms with E-state index in [0.29, 0.717) is 6.04 Å². The van der Waals surface area contributed by atoms with Gasteiger partial charge in [0.2, 0.25) is 0 Å². The molecule has 1 aliphatic rings. The predicted molar refractivity (Wildman–Crippen MR) is 71.3 cm³/mol. The zero-order valence-electron chi connectivity index (χ0n) is 11.6. The highest BCUT2D eigenvalue weighted by Crippen LogP contribution is 2.16. The molecule has 0 spiro atoms. The van der Waals surface area contributed by atoms with Gasteiger partial charge in [-0.1, -0.05) is 5.16 Å². The van der Waals surface area contributed by atoms with Crippen molar-refractivity contribution in [3.63, 3.8) is 0 Å². The lowest BCUT2D eigenvalue weighted by Crippen LogP contribution is -2.44. The van der Waals surface area contributed by atoms with Gasteiger partial charge in [-0.3, -0.25) is 4.90 Å². The molecule has 1 aromatic heterocycles. The molecule has 0 aliphatic carbocycles. The lowest BCUT2D eigenvalue weighted by atomic mass is 10.1. The van der Waals surface area contributed by atoms with Gasteiger partial charge >= 0.3 is 0 Å². The van der Waals surface area contributed by atoms with Crippen molar-refractivity contribution < 1.29 is 4.52 Å². The Morgan fingerprint density at radius 1 is 1.61 bits per heavy atom. The molecule has 1 unspecified atom stereocenters. The third-order valence-corrected chi connectivity index (χ3v) is 3.59. The molecular weight excluding hydrogens is 228 g/mol. The van der Waals surface area contributed by atoms with Crippen molar-refractivity contribution in [2.24, 2.45) is 0 Å². The number of likely N-dealkylation sites (tertiary alicyclic amines) is 1. The predicted octanol–water partition coefficient (Wildman–Crippen LogP) is 0.920. The quantitative estimate of drug-likeness (QED) is 0.844. The van der Waals surface area contributed by atoms with Gasteiger partial charge in [-0.05, 0) is 40.5 Å². The van der Waals surface area contributed by atoms with Crippen molar-refractivity contribution in [2.75, 3.05) is 34.2 Å². The van der Waals surface area contributed by atoms with Crippen LogP contribution in [0.5, 0.6) is 0 Å². The minimum atomic E-state index is 0.626. The number of aromatic nitrogens is 1. The summed E-state index contributed by atoms with van der Waals surface area (Å²) in [5.41, 5.74) is 0.974. The van der Waals surface area contributed by atoms with Crippen LogP contribution in [0.1, 0.15) is 24.3 Å². The highest BCUT2D eigenvalue weighted by atomic mass is 16.5. The number of nitrogens with zero attached hydrogens (tertiary/aromatic N) is 3. The Morgan fingerprint density at radius 3 is 3.17 bits per heavy atom. The van der Waals surface area contributed by atoms with Gasteiger partial charge in [0.15, 0.2) is 5.76 Å². The molecule has 0 bridgehead atoms. The highest BCUT2D eigenvalue weighted by molar-refractivity contribution is 5.05. The minimum Gasteiger partial charge on any atom is -0.360 e. The SMILES string of the molecule is CNCc1cc(CN(C)C2CCCN(C)C2)on1. The molecule has 1 aliphatic heterocycles. The number of rotatable bonds is 5. The minimum absolute atomic E-state index is 0.626. The summed E-state index contributed by atoms with van der Waals surface area (Å²) in [6, 6.07) is 2.67. The molecule has 1 atom stereocenters. The van der Waals surface area contributed by atoms with E-state index in [9.17, 15) is 0 Å².